The van der Waals surface area contributed by atoms with Crippen molar-refractivity contribution in [3.63, 3.8) is 0 Å². The molecule has 182 valence electrons. The van der Waals surface area contributed by atoms with E-state index in [-0.39, 0.29) is 6.29 Å². The third kappa shape index (κ3) is 5.76. The van der Waals surface area contributed by atoms with Crippen LogP contribution >= 0.6 is 0 Å². The SMILES string of the molecule is C[C@H](O)[C@H](O)[C@@H](O[C@@H]1O[C@@H](C)[C@H](O)[C@@H](O[C@@H]2O[C@@H](C)[C@@H](O)[C@@H](O)[C@@H]2O)[C@H]1O)[C@@H](O)C=O. The summed E-state index contributed by atoms with van der Waals surface area (Å²) in [6, 6.07) is 0. The minimum absolute atomic E-state index is 0.0675. The molecule has 31 heavy (non-hydrogen) atoms. The molecule has 0 aliphatic carbocycles. The molecule has 0 aromatic carbocycles. The van der Waals surface area contributed by atoms with Gasteiger partial charge in [0.1, 0.15) is 54.9 Å². The van der Waals surface area contributed by atoms with Crippen LogP contribution in [0.15, 0.2) is 0 Å². The van der Waals surface area contributed by atoms with Crippen molar-refractivity contribution in [2.75, 3.05) is 0 Å². The second-order valence-corrected chi connectivity index (χ2v) is 7.93. The van der Waals surface area contributed by atoms with Gasteiger partial charge in [-0.2, -0.15) is 0 Å². The number of carbonyl (C=O) groups is 1. The molecular weight excluding hydrogens is 424 g/mol. The van der Waals surface area contributed by atoms with E-state index >= 15 is 0 Å². The van der Waals surface area contributed by atoms with E-state index in [1.165, 1.54) is 20.8 Å². The Morgan fingerprint density at radius 2 is 1.35 bits per heavy atom. The van der Waals surface area contributed by atoms with Crippen LogP contribution in [0.3, 0.4) is 0 Å². The first kappa shape index (κ1) is 26.4. The number of aldehydes is 1. The highest BCUT2D eigenvalue weighted by Crippen LogP contribution is 2.30. The summed E-state index contributed by atoms with van der Waals surface area (Å²) in [5.74, 6) is 0. The lowest BCUT2D eigenvalue weighted by atomic mass is 9.97. The standard InChI is InChI=1S/C18H32O13/c1-5(20)9(22)15(8(21)4-19)30-18-14(27)16(11(24)7(3)29-18)31-17-13(26)12(25)10(23)6(2)28-17/h4-18,20-27H,1-3H3/t5-,6-,7-,8-,9-,10+,11-,12+,13-,14+,15-,16+,17-,18-/m0/s1. The van der Waals surface area contributed by atoms with Crippen LogP contribution in [0.4, 0.5) is 0 Å². The maximum atomic E-state index is 11.0. The number of hydrogen-bond acceptors (Lipinski definition) is 13. The predicted octanol–water partition coefficient (Wildman–Crippen LogP) is -4.65. The molecule has 2 aliphatic heterocycles. The Labute approximate surface area is 178 Å². The highest BCUT2D eigenvalue weighted by molar-refractivity contribution is 5.56. The molecule has 14 atom stereocenters. The molecule has 2 fully saturated rings. The fraction of sp³-hybridized carbons (Fsp3) is 0.944. The molecule has 0 unspecified atom stereocenters. The summed E-state index contributed by atoms with van der Waals surface area (Å²) in [4.78, 5) is 11.0. The Hall–Kier alpha value is -0.810. The van der Waals surface area contributed by atoms with Crippen LogP contribution < -0.4 is 0 Å². The predicted molar refractivity (Wildman–Crippen MR) is 98.2 cm³/mol. The van der Waals surface area contributed by atoms with Crippen LogP contribution in [-0.4, -0.2) is 133 Å². The molecule has 2 aliphatic rings. The van der Waals surface area contributed by atoms with Crippen LogP contribution in [0.2, 0.25) is 0 Å². The van der Waals surface area contributed by atoms with Gasteiger partial charge in [-0.1, -0.05) is 0 Å². The zero-order chi connectivity index (χ0) is 23.6. The van der Waals surface area contributed by atoms with Crippen molar-refractivity contribution in [3.8, 4) is 0 Å². The smallest absolute Gasteiger partial charge is 0.187 e. The minimum Gasteiger partial charge on any atom is -0.391 e. The maximum absolute atomic E-state index is 11.0. The van der Waals surface area contributed by atoms with Crippen molar-refractivity contribution in [1.29, 1.82) is 0 Å². The molecular formula is C18H32O13. The van der Waals surface area contributed by atoms with Crippen molar-refractivity contribution >= 4 is 6.29 Å². The first-order valence-corrected chi connectivity index (χ1v) is 9.92. The average Bonchev–Trinajstić information content (AvgIpc) is 2.73. The summed E-state index contributed by atoms with van der Waals surface area (Å²) >= 11 is 0. The largest absolute Gasteiger partial charge is 0.391 e. The van der Waals surface area contributed by atoms with E-state index in [1.54, 1.807) is 0 Å². The number of ether oxygens (including phenoxy) is 4. The molecule has 2 heterocycles. The molecule has 0 aromatic heterocycles. The molecule has 0 radical (unpaired) electrons. The van der Waals surface area contributed by atoms with Crippen LogP contribution in [0.25, 0.3) is 0 Å². The first-order valence-electron chi connectivity index (χ1n) is 9.92. The van der Waals surface area contributed by atoms with E-state index in [2.05, 4.69) is 0 Å². The third-order valence-corrected chi connectivity index (χ3v) is 5.48. The Bertz CT molecular complexity index is 577. The van der Waals surface area contributed by atoms with Gasteiger partial charge in [-0.3, -0.25) is 0 Å². The van der Waals surface area contributed by atoms with Gasteiger partial charge in [0, 0.05) is 0 Å². The van der Waals surface area contributed by atoms with Crippen LogP contribution in [0.1, 0.15) is 20.8 Å². The highest BCUT2D eigenvalue weighted by atomic mass is 16.7. The summed E-state index contributed by atoms with van der Waals surface area (Å²) < 4.78 is 21.5. The molecule has 13 heteroatoms. The lowest BCUT2D eigenvalue weighted by Gasteiger charge is -2.46. The third-order valence-electron chi connectivity index (χ3n) is 5.48. The monoisotopic (exact) mass is 456 g/mol. The van der Waals surface area contributed by atoms with Gasteiger partial charge in [-0.05, 0) is 20.8 Å². The molecule has 0 bridgehead atoms. The van der Waals surface area contributed by atoms with E-state index in [9.17, 15) is 45.6 Å². The Morgan fingerprint density at radius 1 is 0.806 bits per heavy atom. The Kier molecular flexibility index (Phi) is 9.27. The number of aliphatic hydroxyl groups is 8. The van der Waals surface area contributed by atoms with Crippen molar-refractivity contribution in [2.24, 2.45) is 0 Å². The lowest BCUT2D eigenvalue weighted by Crippen LogP contribution is -2.64. The van der Waals surface area contributed by atoms with Gasteiger partial charge in [0.15, 0.2) is 18.9 Å². The van der Waals surface area contributed by atoms with Crippen LogP contribution in [0, 0.1) is 0 Å². The Morgan fingerprint density at radius 3 is 1.90 bits per heavy atom. The average molecular weight is 456 g/mol. The topological polar surface area (TPSA) is 216 Å². The number of aliphatic hydroxyl groups excluding tert-OH is 8. The van der Waals surface area contributed by atoms with Crippen LogP contribution in [-0.2, 0) is 23.7 Å². The summed E-state index contributed by atoms with van der Waals surface area (Å²) in [5, 5.41) is 80.3. The normalized spacial score (nSPS) is 45.5. The maximum Gasteiger partial charge on any atom is 0.187 e. The summed E-state index contributed by atoms with van der Waals surface area (Å²) in [6.45, 7) is 4.01. The zero-order valence-corrected chi connectivity index (χ0v) is 17.3. The summed E-state index contributed by atoms with van der Waals surface area (Å²) in [5.41, 5.74) is 0. The molecule has 0 aromatic rings. The van der Waals surface area contributed by atoms with Gasteiger partial charge in [0.2, 0.25) is 0 Å². The molecule has 13 nitrogen and oxygen atoms in total. The van der Waals surface area contributed by atoms with Gasteiger partial charge >= 0.3 is 0 Å². The van der Waals surface area contributed by atoms with E-state index in [1.807, 2.05) is 0 Å². The number of rotatable bonds is 8. The molecule has 2 saturated heterocycles. The number of carbonyl (C=O) groups excluding carboxylic acids is 1. The minimum atomic E-state index is -1.87. The van der Waals surface area contributed by atoms with Gasteiger partial charge in [-0.25, -0.2) is 0 Å². The van der Waals surface area contributed by atoms with Crippen molar-refractivity contribution in [3.05, 3.63) is 0 Å². The van der Waals surface area contributed by atoms with Gasteiger partial charge in [-0.15, -0.1) is 0 Å². The summed E-state index contributed by atoms with van der Waals surface area (Å²) in [6.07, 6.45) is -21.2. The number of hydrogen-bond donors (Lipinski definition) is 8. The second-order valence-electron chi connectivity index (χ2n) is 7.93. The van der Waals surface area contributed by atoms with Gasteiger partial charge < -0.3 is 64.6 Å². The molecule has 0 amide bonds. The Balaban J connectivity index is 2.18. The lowest BCUT2D eigenvalue weighted by molar-refractivity contribution is -0.362. The summed E-state index contributed by atoms with van der Waals surface area (Å²) in [7, 11) is 0. The van der Waals surface area contributed by atoms with Gasteiger partial charge in [0.25, 0.3) is 0 Å². The molecule has 2 rings (SSSR count). The molecule has 0 spiro atoms. The van der Waals surface area contributed by atoms with Gasteiger partial charge in [0.05, 0.1) is 18.3 Å². The van der Waals surface area contributed by atoms with E-state index < -0.39 is 85.8 Å². The molecule has 0 saturated carbocycles. The fourth-order valence-electron chi connectivity index (χ4n) is 3.42. The van der Waals surface area contributed by atoms with Crippen LogP contribution in [0.5, 0.6) is 0 Å². The molecule has 8 N–H and O–H groups in total. The quantitative estimate of drug-likeness (QED) is 0.161. The van der Waals surface area contributed by atoms with Crippen molar-refractivity contribution in [1.82, 2.24) is 0 Å². The van der Waals surface area contributed by atoms with E-state index in [0.29, 0.717) is 0 Å². The fourth-order valence-corrected chi connectivity index (χ4v) is 3.42. The second kappa shape index (κ2) is 10.9. The van der Waals surface area contributed by atoms with Crippen molar-refractivity contribution in [2.45, 2.75) is 107 Å². The van der Waals surface area contributed by atoms with E-state index in [4.69, 9.17) is 18.9 Å². The zero-order valence-electron chi connectivity index (χ0n) is 17.3. The highest BCUT2D eigenvalue weighted by Gasteiger charge is 2.50. The van der Waals surface area contributed by atoms with Crippen molar-refractivity contribution < 1.29 is 64.6 Å². The van der Waals surface area contributed by atoms with E-state index in [0.717, 1.165) is 0 Å². The first-order chi connectivity index (χ1) is 14.4.